The number of furan rings is 2. The Morgan fingerprint density at radius 2 is 1.09 bits per heavy atom. The Morgan fingerprint density at radius 3 is 1.91 bits per heavy atom. The van der Waals surface area contributed by atoms with Gasteiger partial charge in [-0.25, -0.2) is 0 Å². The number of rotatable bonds is 3. The summed E-state index contributed by atoms with van der Waals surface area (Å²) in [5.74, 6) is 0. The van der Waals surface area contributed by atoms with Crippen LogP contribution >= 0.6 is 0 Å². The van der Waals surface area contributed by atoms with E-state index >= 15 is 0 Å². The van der Waals surface area contributed by atoms with Gasteiger partial charge in [0, 0.05) is 69.0 Å². The fourth-order valence-electron chi connectivity index (χ4n) is 6.92. The second-order valence-corrected chi connectivity index (χ2v) is 11.1. The van der Waals surface area contributed by atoms with Crippen LogP contribution in [0.1, 0.15) is 0 Å². The highest BCUT2D eigenvalue weighted by Crippen LogP contribution is 2.51. The molecule has 0 fully saturated rings. The first-order valence-corrected chi connectivity index (χ1v) is 14.3. The average Bonchev–Trinajstić information content (AvgIpc) is 3.72. The topological polar surface area (TPSA) is 55.3 Å². The van der Waals surface area contributed by atoms with Crippen LogP contribution in [0.15, 0.2) is 137 Å². The maximum absolute atomic E-state index is 6.31. The van der Waals surface area contributed by atoms with E-state index in [1.165, 1.54) is 33.0 Å². The fraction of sp³-hybridized carbons (Fsp3) is 0. The van der Waals surface area contributed by atoms with E-state index in [1.807, 2.05) is 18.3 Å². The molecule has 0 amide bonds. The number of aromatic nitrogens is 2. The van der Waals surface area contributed by atoms with Crippen LogP contribution < -0.4 is 4.90 Å². The number of benzene rings is 5. The molecule has 1 aliphatic rings. The summed E-state index contributed by atoms with van der Waals surface area (Å²) in [6.07, 6.45) is 7.21. The van der Waals surface area contributed by atoms with Gasteiger partial charge >= 0.3 is 0 Å². The lowest BCUT2D eigenvalue weighted by atomic mass is 10.00. The molecule has 200 valence electrons. The van der Waals surface area contributed by atoms with Gasteiger partial charge in [0.25, 0.3) is 0 Å². The zero-order chi connectivity index (χ0) is 28.1. The molecule has 4 heterocycles. The highest BCUT2D eigenvalue weighted by molar-refractivity contribution is 6.19. The molecule has 0 saturated carbocycles. The van der Waals surface area contributed by atoms with Crippen LogP contribution in [-0.2, 0) is 0 Å². The first-order valence-electron chi connectivity index (χ1n) is 14.3. The molecule has 5 aromatic carbocycles. The first-order chi connectivity index (χ1) is 21.3. The van der Waals surface area contributed by atoms with E-state index in [0.29, 0.717) is 0 Å². The average molecular weight is 552 g/mol. The van der Waals surface area contributed by atoms with E-state index in [0.717, 1.165) is 60.9 Å². The minimum absolute atomic E-state index is 0.779. The van der Waals surface area contributed by atoms with Crippen molar-refractivity contribution in [3.63, 3.8) is 0 Å². The molecule has 0 aliphatic heterocycles. The Hall–Kier alpha value is -5.94. The largest absolute Gasteiger partial charge is 0.456 e. The molecular formula is C38H21N3O2. The number of nitrogens with zero attached hydrogens (tertiary/aromatic N) is 3. The number of anilines is 3. The quantitative estimate of drug-likeness (QED) is 0.219. The van der Waals surface area contributed by atoms with Crippen LogP contribution in [0.5, 0.6) is 0 Å². The van der Waals surface area contributed by atoms with E-state index in [-0.39, 0.29) is 0 Å². The highest BCUT2D eigenvalue weighted by Gasteiger charge is 2.25. The summed E-state index contributed by atoms with van der Waals surface area (Å²) in [6.45, 7) is 0. The molecule has 0 spiro atoms. The van der Waals surface area contributed by atoms with Gasteiger partial charge in [-0.2, -0.15) is 0 Å². The Morgan fingerprint density at radius 1 is 0.442 bits per heavy atom. The normalized spacial score (nSPS) is 12.2. The van der Waals surface area contributed by atoms with Crippen molar-refractivity contribution in [1.29, 1.82) is 0 Å². The summed E-state index contributed by atoms with van der Waals surface area (Å²) in [5, 5.41) is 6.64. The molecular weight excluding hydrogens is 530 g/mol. The van der Waals surface area contributed by atoms with Crippen molar-refractivity contribution in [2.75, 3.05) is 4.90 Å². The zero-order valence-electron chi connectivity index (χ0n) is 22.8. The standard InChI is InChI=1S/C38H21N3O2/c1-2-5-25-24(4-1)29-6-3-7-31-33(13-12-30(25)38(29)31)41(22-8-10-26-28-14-16-40-21-37(28)43-35(26)18-22)23-9-11-27-32-20-39-17-15-34(32)42-36(27)19-23/h1-21H. The van der Waals surface area contributed by atoms with Gasteiger partial charge in [-0.3, -0.25) is 9.97 Å². The van der Waals surface area contributed by atoms with Crippen molar-refractivity contribution in [3.05, 3.63) is 128 Å². The molecule has 0 unspecified atom stereocenters. The maximum atomic E-state index is 6.31. The summed E-state index contributed by atoms with van der Waals surface area (Å²) >= 11 is 0. The fourth-order valence-corrected chi connectivity index (χ4v) is 6.92. The van der Waals surface area contributed by atoms with Crippen molar-refractivity contribution in [1.82, 2.24) is 9.97 Å². The second kappa shape index (κ2) is 8.30. The van der Waals surface area contributed by atoms with E-state index in [1.54, 1.807) is 18.6 Å². The Balaban J connectivity index is 1.26. The summed E-state index contributed by atoms with van der Waals surface area (Å²) in [6, 6.07) is 36.6. The minimum atomic E-state index is 0.779. The first kappa shape index (κ1) is 22.7. The van der Waals surface area contributed by atoms with Gasteiger partial charge in [0.2, 0.25) is 0 Å². The number of fused-ring (bicyclic) bond motifs is 9. The van der Waals surface area contributed by atoms with Crippen LogP contribution in [0.3, 0.4) is 0 Å². The van der Waals surface area contributed by atoms with Gasteiger partial charge in [-0.1, -0.05) is 48.5 Å². The molecule has 5 nitrogen and oxygen atoms in total. The van der Waals surface area contributed by atoms with Crippen molar-refractivity contribution >= 4 is 71.7 Å². The molecule has 0 bridgehead atoms. The summed E-state index contributed by atoms with van der Waals surface area (Å²) in [7, 11) is 0. The highest BCUT2D eigenvalue weighted by atomic mass is 16.3. The lowest BCUT2D eigenvalue weighted by Crippen LogP contribution is -2.10. The zero-order valence-corrected chi connectivity index (χ0v) is 22.8. The van der Waals surface area contributed by atoms with Crippen molar-refractivity contribution in [3.8, 4) is 22.3 Å². The molecule has 43 heavy (non-hydrogen) atoms. The van der Waals surface area contributed by atoms with Gasteiger partial charge in [0.1, 0.15) is 16.7 Å². The third-order valence-corrected chi connectivity index (χ3v) is 8.80. The molecule has 4 aromatic heterocycles. The SMILES string of the molecule is c1ccc2c(c1)-c1cccc3c(N(c4ccc5c(c4)oc4cnccc45)c4ccc5c(c4)oc4ccncc45)ccc-2c13. The minimum Gasteiger partial charge on any atom is -0.456 e. The molecule has 0 saturated heterocycles. The van der Waals surface area contributed by atoms with Crippen LogP contribution in [0.2, 0.25) is 0 Å². The Kier molecular flexibility index (Phi) is 4.39. The molecule has 10 rings (SSSR count). The Bertz CT molecular complexity index is 2450. The van der Waals surface area contributed by atoms with Crippen LogP contribution in [0, 0.1) is 0 Å². The van der Waals surface area contributed by atoms with Crippen molar-refractivity contribution < 1.29 is 8.83 Å². The van der Waals surface area contributed by atoms with Crippen molar-refractivity contribution in [2.24, 2.45) is 0 Å². The van der Waals surface area contributed by atoms with Crippen LogP contribution in [0.25, 0.3) is 76.9 Å². The predicted molar refractivity (Wildman–Crippen MR) is 173 cm³/mol. The molecule has 0 atom stereocenters. The van der Waals surface area contributed by atoms with Crippen LogP contribution in [-0.4, -0.2) is 9.97 Å². The van der Waals surface area contributed by atoms with E-state index in [4.69, 9.17) is 8.83 Å². The van der Waals surface area contributed by atoms with E-state index < -0.39 is 0 Å². The van der Waals surface area contributed by atoms with Gasteiger partial charge < -0.3 is 13.7 Å². The number of pyridine rings is 2. The maximum Gasteiger partial charge on any atom is 0.153 e. The van der Waals surface area contributed by atoms with E-state index in [9.17, 15) is 0 Å². The molecule has 9 aromatic rings. The van der Waals surface area contributed by atoms with Gasteiger partial charge in [-0.15, -0.1) is 0 Å². The molecule has 1 aliphatic carbocycles. The van der Waals surface area contributed by atoms with Gasteiger partial charge in [-0.05, 0) is 70.1 Å². The van der Waals surface area contributed by atoms with Crippen LogP contribution in [0.4, 0.5) is 17.1 Å². The summed E-state index contributed by atoms with van der Waals surface area (Å²) in [4.78, 5) is 10.9. The third-order valence-electron chi connectivity index (χ3n) is 8.80. The third kappa shape index (κ3) is 3.11. The predicted octanol–water partition coefficient (Wildman–Crippen LogP) is 10.5. The second-order valence-electron chi connectivity index (χ2n) is 11.1. The molecule has 0 radical (unpaired) electrons. The monoisotopic (exact) mass is 551 g/mol. The number of hydrogen-bond acceptors (Lipinski definition) is 5. The van der Waals surface area contributed by atoms with Gasteiger partial charge in [0.15, 0.2) is 5.58 Å². The lowest BCUT2D eigenvalue weighted by molar-refractivity contribution is 0.667. The Labute approximate surface area is 245 Å². The lowest BCUT2D eigenvalue weighted by Gasteiger charge is -2.27. The van der Waals surface area contributed by atoms with Gasteiger partial charge in [0.05, 0.1) is 11.9 Å². The molecule has 5 heteroatoms. The number of hydrogen-bond donors (Lipinski definition) is 0. The molecule has 0 N–H and O–H groups in total. The smallest absolute Gasteiger partial charge is 0.153 e. The van der Waals surface area contributed by atoms with Crippen molar-refractivity contribution in [2.45, 2.75) is 0 Å². The summed E-state index contributed by atoms with van der Waals surface area (Å²) in [5.41, 5.74) is 11.4. The van der Waals surface area contributed by atoms with E-state index in [2.05, 4.69) is 106 Å². The summed E-state index contributed by atoms with van der Waals surface area (Å²) < 4.78 is 12.6.